The van der Waals surface area contributed by atoms with Gasteiger partial charge in [-0.2, -0.15) is 0 Å². The van der Waals surface area contributed by atoms with Gasteiger partial charge in [0.05, 0.1) is 0 Å². The molecule has 126 valence electrons. The van der Waals surface area contributed by atoms with Crippen LogP contribution in [0.5, 0.6) is 0 Å². The Morgan fingerprint density at radius 2 is 1.54 bits per heavy atom. The minimum atomic E-state index is -0.982. The van der Waals surface area contributed by atoms with Crippen LogP contribution < -0.4 is 5.73 Å². The Morgan fingerprint density at radius 3 is 2.00 bits per heavy atom. The molecule has 0 amide bonds. The third kappa shape index (κ3) is 4.56. The molecule has 0 saturated heterocycles. The van der Waals surface area contributed by atoms with E-state index < -0.39 is 12.0 Å². The predicted molar refractivity (Wildman–Crippen MR) is 99.0 cm³/mol. The molecular formula is C21H25NO2. The number of carboxylic acid groups (broad SMARTS) is 1. The Labute approximate surface area is 143 Å². The van der Waals surface area contributed by atoms with Crippen LogP contribution in [0.3, 0.4) is 0 Å². The zero-order valence-electron chi connectivity index (χ0n) is 14.5. The number of carbonyl (C=O) groups is 1. The Balaban J connectivity index is 2.40. The van der Waals surface area contributed by atoms with E-state index in [0.29, 0.717) is 12.3 Å². The molecule has 0 aromatic heterocycles. The number of benzene rings is 2. The van der Waals surface area contributed by atoms with Gasteiger partial charge in [0.15, 0.2) is 0 Å². The average Bonchev–Trinajstić information content (AvgIpc) is 2.56. The molecule has 3 heteroatoms. The van der Waals surface area contributed by atoms with E-state index in [0.717, 1.165) is 16.7 Å². The number of nitrogens with two attached hydrogens (primary N) is 1. The second kappa shape index (κ2) is 7.93. The van der Waals surface area contributed by atoms with Crippen LogP contribution in [0.15, 0.2) is 54.6 Å². The van der Waals surface area contributed by atoms with Crippen molar-refractivity contribution in [2.45, 2.75) is 39.2 Å². The van der Waals surface area contributed by atoms with Crippen LogP contribution in [0.4, 0.5) is 0 Å². The average molecular weight is 323 g/mol. The highest BCUT2D eigenvalue weighted by molar-refractivity contribution is 5.81. The Kier molecular flexibility index (Phi) is 5.93. The van der Waals surface area contributed by atoms with Crippen LogP contribution in [0.2, 0.25) is 0 Å². The topological polar surface area (TPSA) is 63.3 Å². The molecule has 3 nitrogen and oxygen atoms in total. The molecule has 2 aromatic carbocycles. The van der Waals surface area contributed by atoms with E-state index in [9.17, 15) is 4.79 Å². The number of aliphatic carboxylic acids is 1. The number of rotatable bonds is 6. The van der Waals surface area contributed by atoms with E-state index >= 15 is 0 Å². The first-order chi connectivity index (χ1) is 11.4. The van der Waals surface area contributed by atoms with Crippen molar-refractivity contribution in [1.82, 2.24) is 0 Å². The molecule has 0 heterocycles. The number of aryl methyl sites for hydroxylation is 1. The van der Waals surface area contributed by atoms with Crippen molar-refractivity contribution in [2.75, 3.05) is 0 Å². The van der Waals surface area contributed by atoms with Gasteiger partial charge >= 0.3 is 5.97 Å². The van der Waals surface area contributed by atoms with E-state index in [1.54, 1.807) is 0 Å². The van der Waals surface area contributed by atoms with Gasteiger partial charge in [0.2, 0.25) is 0 Å². The molecule has 0 aliphatic rings. The van der Waals surface area contributed by atoms with Crippen molar-refractivity contribution in [3.8, 4) is 0 Å². The van der Waals surface area contributed by atoms with Crippen LogP contribution in [-0.4, -0.2) is 17.1 Å². The summed E-state index contributed by atoms with van der Waals surface area (Å²) in [4.78, 5) is 11.0. The maximum Gasteiger partial charge on any atom is 0.320 e. The summed E-state index contributed by atoms with van der Waals surface area (Å²) in [6, 6.07) is 15.8. The van der Waals surface area contributed by atoms with Crippen LogP contribution >= 0.6 is 0 Å². The fraction of sp³-hybridized carbons (Fsp3) is 0.286. The fourth-order valence-electron chi connectivity index (χ4n) is 2.53. The van der Waals surface area contributed by atoms with Crippen LogP contribution in [0.1, 0.15) is 48.4 Å². The summed E-state index contributed by atoms with van der Waals surface area (Å²) in [5, 5.41) is 9.02. The molecule has 0 radical (unpaired) electrons. The Hall–Kier alpha value is -2.39. The van der Waals surface area contributed by atoms with E-state index in [2.05, 4.69) is 62.4 Å². The monoisotopic (exact) mass is 323 g/mol. The second-order valence-electron chi connectivity index (χ2n) is 6.44. The van der Waals surface area contributed by atoms with Gasteiger partial charge in [-0.3, -0.25) is 4.79 Å². The largest absolute Gasteiger partial charge is 0.480 e. The summed E-state index contributed by atoms with van der Waals surface area (Å²) < 4.78 is 0. The third-order valence-electron chi connectivity index (χ3n) is 4.14. The van der Waals surface area contributed by atoms with E-state index in [1.807, 2.05) is 13.0 Å². The molecule has 3 N–H and O–H groups in total. The lowest BCUT2D eigenvalue weighted by Gasteiger charge is -2.12. The summed E-state index contributed by atoms with van der Waals surface area (Å²) in [5.41, 5.74) is 11.3. The summed E-state index contributed by atoms with van der Waals surface area (Å²) in [6.45, 7) is 6.38. The second-order valence-corrected chi connectivity index (χ2v) is 6.44. The quantitative estimate of drug-likeness (QED) is 0.830. The molecule has 24 heavy (non-hydrogen) atoms. The SMILES string of the molecule is Cc1ccc(C(=CCC(N)C(=O)O)c2ccc(C(C)C)cc2)cc1. The standard InChI is InChI=1S/C21H25NO2/c1-14(2)16-8-10-18(11-9-16)19(12-13-20(22)21(23)24)17-6-4-15(3)5-7-17/h4-12,14,20H,13,22H2,1-3H3,(H,23,24). The molecule has 1 unspecified atom stereocenters. The van der Waals surface area contributed by atoms with Crippen LogP contribution in [0, 0.1) is 6.92 Å². The number of hydrogen-bond acceptors (Lipinski definition) is 2. The lowest BCUT2D eigenvalue weighted by Crippen LogP contribution is -2.29. The minimum Gasteiger partial charge on any atom is -0.480 e. The summed E-state index contributed by atoms with van der Waals surface area (Å²) in [7, 11) is 0. The molecule has 0 aliphatic carbocycles. The molecule has 0 bridgehead atoms. The lowest BCUT2D eigenvalue weighted by atomic mass is 9.93. The summed E-state index contributed by atoms with van der Waals surface area (Å²) in [5.74, 6) is -0.504. The van der Waals surface area contributed by atoms with Crippen molar-refractivity contribution in [3.63, 3.8) is 0 Å². The maximum atomic E-state index is 11.0. The molecule has 0 aliphatic heterocycles. The molecule has 2 aromatic rings. The highest BCUT2D eigenvalue weighted by Gasteiger charge is 2.12. The van der Waals surface area contributed by atoms with Gasteiger partial charge in [-0.15, -0.1) is 0 Å². The van der Waals surface area contributed by atoms with Gasteiger partial charge in [-0.25, -0.2) is 0 Å². The first kappa shape index (κ1) is 18.0. The molecule has 0 spiro atoms. The number of carboxylic acids is 1. The smallest absolute Gasteiger partial charge is 0.320 e. The van der Waals surface area contributed by atoms with Gasteiger partial charge in [0, 0.05) is 0 Å². The first-order valence-corrected chi connectivity index (χ1v) is 8.24. The molecule has 2 rings (SSSR count). The predicted octanol–water partition coefficient (Wildman–Crippen LogP) is 4.35. The van der Waals surface area contributed by atoms with E-state index in [4.69, 9.17) is 10.8 Å². The normalized spacial score (nSPS) is 13.1. The van der Waals surface area contributed by atoms with Gasteiger partial charge in [0.1, 0.15) is 6.04 Å². The first-order valence-electron chi connectivity index (χ1n) is 8.24. The molecule has 1 atom stereocenters. The van der Waals surface area contributed by atoms with Crippen molar-refractivity contribution >= 4 is 11.5 Å². The van der Waals surface area contributed by atoms with Crippen LogP contribution in [-0.2, 0) is 4.79 Å². The zero-order valence-corrected chi connectivity index (χ0v) is 14.5. The summed E-state index contributed by atoms with van der Waals surface area (Å²) in [6.07, 6.45) is 2.22. The lowest BCUT2D eigenvalue weighted by molar-refractivity contribution is -0.138. The van der Waals surface area contributed by atoms with Gasteiger partial charge in [-0.05, 0) is 41.5 Å². The Bertz CT molecular complexity index is 713. The van der Waals surface area contributed by atoms with Crippen molar-refractivity contribution in [3.05, 3.63) is 76.9 Å². The highest BCUT2D eigenvalue weighted by atomic mass is 16.4. The van der Waals surface area contributed by atoms with Gasteiger partial charge in [-0.1, -0.05) is 74.0 Å². The fourth-order valence-corrected chi connectivity index (χ4v) is 2.53. The van der Waals surface area contributed by atoms with Crippen molar-refractivity contribution in [1.29, 1.82) is 0 Å². The zero-order chi connectivity index (χ0) is 17.7. The van der Waals surface area contributed by atoms with E-state index in [1.165, 1.54) is 11.1 Å². The summed E-state index contributed by atoms with van der Waals surface area (Å²) >= 11 is 0. The van der Waals surface area contributed by atoms with E-state index in [-0.39, 0.29) is 0 Å². The third-order valence-corrected chi connectivity index (χ3v) is 4.14. The van der Waals surface area contributed by atoms with Gasteiger partial charge < -0.3 is 10.8 Å². The Morgan fingerprint density at radius 1 is 1.04 bits per heavy atom. The van der Waals surface area contributed by atoms with Crippen LogP contribution in [0.25, 0.3) is 5.57 Å². The minimum absolute atomic E-state index is 0.296. The maximum absolute atomic E-state index is 11.0. The molecule has 0 fully saturated rings. The van der Waals surface area contributed by atoms with Crippen molar-refractivity contribution in [2.24, 2.45) is 5.73 Å². The van der Waals surface area contributed by atoms with Gasteiger partial charge in [0.25, 0.3) is 0 Å². The van der Waals surface area contributed by atoms with Crippen molar-refractivity contribution < 1.29 is 9.90 Å². The highest BCUT2D eigenvalue weighted by Crippen LogP contribution is 2.26. The number of hydrogen-bond donors (Lipinski definition) is 2. The molecule has 0 saturated carbocycles. The molecular weight excluding hydrogens is 298 g/mol.